The van der Waals surface area contributed by atoms with Gasteiger partial charge in [-0.1, -0.05) is 13.8 Å². The molecular formula is C15H31N3O. The lowest BCUT2D eigenvalue weighted by atomic mass is 9.91. The van der Waals surface area contributed by atoms with Gasteiger partial charge in [-0.2, -0.15) is 0 Å². The summed E-state index contributed by atoms with van der Waals surface area (Å²) in [6, 6.07) is 1.01. The van der Waals surface area contributed by atoms with Crippen molar-refractivity contribution in [2.75, 3.05) is 39.8 Å². The molecule has 2 fully saturated rings. The Kier molecular flexibility index (Phi) is 4.88. The lowest BCUT2D eigenvalue weighted by Gasteiger charge is -2.45. The minimum atomic E-state index is -0.0850. The highest BCUT2D eigenvalue weighted by molar-refractivity contribution is 5.04. The van der Waals surface area contributed by atoms with Crippen LogP contribution in [0, 0.1) is 5.92 Å². The van der Waals surface area contributed by atoms with Gasteiger partial charge >= 0.3 is 0 Å². The van der Waals surface area contributed by atoms with Gasteiger partial charge in [-0.3, -0.25) is 4.90 Å². The van der Waals surface area contributed by atoms with Crippen LogP contribution in [-0.4, -0.2) is 72.4 Å². The molecule has 1 saturated heterocycles. The van der Waals surface area contributed by atoms with Gasteiger partial charge in [0.15, 0.2) is 0 Å². The third-order valence-corrected chi connectivity index (χ3v) is 4.67. The van der Waals surface area contributed by atoms with Crippen molar-refractivity contribution in [2.24, 2.45) is 5.92 Å². The molecule has 0 aromatic heterocycles. The molecule has 1 saturated carbocycles. The minimum Gasteiger partial charge on any atom is -0.394 e. The Morgan fingerprint density at radius 1 is 1.32 bits per heavy atom. The van der Waals surface area contributed by atoms with Crippen LogP contribution in [0.3, 0.4) is 0 Å². The van der Waals surface area contributed by atoms with Crippen molar-refractivity contribution in [2.45, 2.75) is 51.2 Å². The summed E-state index contributed by atoms with van der Waals surface area (Å²) in [6.45, 7) is 11.3. The van der Waals surface area contributed by atoms with Crippen LogP contribution in [0.25, 0.3) is 0 Å². The van der Waals surface area contributed by atoms with Crippen LogP contribution in [0.4, 0.5) is 0 Å². The van der Waals surface area contributed by atoms with Crippen molar-refractivity contribution in [3.8, 4) is 0 Å². The van der Waals surface area contributed by atoms with Gasteiger partial charge in [0.05, 0.1) is 12.1 Å². The largest absolute Gasteiger partial charge is 0.394 e. The SMILES string of the molecule is CC(C)NC(CO)(CN1CCN(C)CC1C)C1CC1. The summed E-state index contributed by atoms with van der Waals surface area (Å²) >= 11 is 0. The molecule has 2 aliphatic rings. The maximum absolute atomic E-state index is 10.0. The summed E-state index contributed by atoms with van der Waals surface area (Å²) in [6.07, 6.45) is 2.53. The quantitative estimate of drug-likeness (QED) is 0.747. The normalized spacial score (nSPS) is 29.7. The zero-order valence-corrected chi connectivity index (χ0v) is 13.0. The summed E-state index contributed by atoms with van der Waals surface area (Å²) in [5, 5.41) is 13.7. The molecule has 4 nitrogen and oxygen atoms in total. The van der Waals surface area contributed by atoms with Crippen LogP contribution < -0.4 is 5.32 Å². The second-order valence-electron chi connectivity index (χ2n) is 6.97. The predicted molar refractivity (Wildman–Crippen MR) is 79.3 cm³/mol. The molecule has 0 aromatic rings. The first kappa shape index (κ1) is 15.2. The number of likely N-dealkylation sites (N-methyl/N-ethyl adjacent to an activating group) is 1. The van der Waals surface area contributed by atoms with Crippen molar-refractivity contribution in [3.05, 3.63) is 0 Å². The summed E-state index contributed by atoms with van der Waals surface area (Å²) in [5.41, 5.74) is -0.0850. The monoisotopic (exact) mass is 269 g/mol. The summed E-state index contributed by atoms with van der Waals surface area (Å²) < 4.78 is 0. The highest BCUT2D eigenvalue weighted by Crippen LogP contribution is 2.40. The number of nitrogens with one attached hydrogen (secondary N) is 1. The van der Waals surface area contributed by atoms with E-state index in [1.165, 1.54) is 12.8 Å². The number of aliphatic hydroxyl groups is 1. The van der Waals surface area contributed by atoms with E-state index in [0.717, 1.165) is 26.2 Å². The second-order valence-corrected chi connectivity index (χ2v) is 6.97. The van der Waals surface area contributed by atoms with Crippen LogP contribution in [-0.2, 0) is 0 Å². The van der Waals surface area contributed by atoms with Gasteiger partial charge in [-0.25, -0.2) is 0 Å². The molecule has 1 heterocycles. The first-order chi connectivity index (χ1) is 8.97. The Morgan fingerprint density at radius 2 is 2.00 bits per heavy atom. The highest BCUT2D eigenvalue weighted by atomic mass is 16.3. The van der Waals surface area contributed by atoms with Crippen LogP contribution in [0.2, 0.25) is 0 Å². The fourth-order valence-corrected chi connectivity index (χ4v) is 3.50. The van der Waals surface area contributed by atoms with Crippen molar-refractivity contribution in [3.63, 3.8) is 0 Å². The third-order valence-electron chi connectivity index (χ3n) is 4.67. The molecule has 0 radical (unpaired) electrons. The van der Waals surface area contributed by atoms with Gasteiger partial charge in [0.1, 0.15) is 0 Å². The number of rotatable bonds is 6. The van der Waals surface area contributed by atoms with Crippen molar-refractivity contribution >= 4 is 0 Å². The van der Waals surface area contributed by atoms with Gasteiger partial charge in [0.2, 0.25) is 0 Å². The van der Waals surface area contributed by atoms with E-state index in [4.69, 9.17) is 0 Å². The summed E-state index contributed by atoms with van der Waals surface area (Å²) in [4.78, 5) is 4.96. The van der Waals surface area contributed by atoms with E-state index in [0.29, 0.717) is 18.0 Å². The van der Waals surface area contributed by atoms with E-state index < -0.39 is 0 Å². The lowest BCUT2D eigenvalue weighted by molar-refractivity contribution is 0.0341. The Hall–Kier alpha value is -0.160. The average Bonchev–Trinajstić information content (AvgIpc) is 3.15. The van der Waals surface area contributed by atoms with Gasteiger partial charge < -0.3 is 15.3 Å². The fourth-order valence-electron chi connectivity index (χ4n) is 3.50. The smallest absolute Gasteiger partial charge is 0.0628 e. The molecule has 2 rings (SSSR count). The number of piperazine rings is 1. The average molecular weight is 269 g/mol. The maximum atomic E-state index is 10.0. The molecule has 0 amide bonds. The summed E-state index contributed by atoms with van der Waals surface area (Å²) in [7, 11) is 2.19. The molecule has 2 unspecified atom stereocenters. The zero-order chi connectivity index (χ0) is 14.0. The molecule has 112 valence electrons. The van der Waals surface area contributed by atoms with E-state index in [1.54, 1.807) is 0 Å². The van der Waals surface area contributed by atoms with E-state index in [2.05, 4.69) is 42.9 Å². The van der Waals surface area contributed by atoms with Crippen LogP contribution >= 0.6 is 0 Å². The first-order valence-corrected chi connectivity index (χ1v) is 7.78. The molecule has 1 aliphatic heterocycles. The number of nitrogens with zero attached hydrogens (tertiary/aromatic N) is 2. The van der Waals surface area contributed by atoms with Crippen molar-refractivity contribution in [1.29, 1.82) is 0 Å². The topological polar surface area (TPSA) is 38.7 Å². The molecule has 1 aliphatic carbocycles. The first-order valence-electron chi connectivity index (χ1n) is 7.78. The second kappa shape index (κ2) is 6.08. The molecule has 0 bridgehead atoms. The van der Waals surface area contributed by atoms with Crippen molar-refractivity contribution in [1.82, 2.24) is 15.1 Å². The minimum absolute atomic E-state index is 0.0850. The van der Waals surface area contributed by atoms with E-state index in [1.807, 2.05) is 0 Å². The molecule has 0 aromatic carbocycles. The number of hydrogen-bond donors (Lipinski definition) is 2. The molecule has 2 atom stereocenters. The van der Waals surface area contributed by atoms with Gasteiger partial charge in [0.25, 0.3) is 0 Å². The van der Waals surface area contributed by atoms with Gasteiger partial charge in [-0.15, -0.1) is 0 Å². The molecular weight excluding hydrogens is 238 g/mol. The van der Waals surface area contributed by atoms with Gasteiger partial charge in [0, 0.05) is 38.3 Å². The Bertz CT molecular complexity index is 293. The number of hydrogen-bond acceptors (Lipinski definition) is 4. The van der Waals surface area contributed by atoms with Crippen LogP contribution in [0.1, 0.15) is 33.6 Å². The maximum Gasteiger partial charge on any atom is 0.0628 e. The Balaban J connectivity index is 2.03. The Morgan fingerprint density at radius 3 is 2.47 bits per heavy atom. The van der Waals surface area contributed by atoms with E-state index >= 15 is 0 Å². The third kappa shape index (κ3) is 3.69. The zero-order valence-electron chi connectivity index (χ0n) is 13.0. The van der Waals surface area contributed by atoms with E-state index in [9.17, 15) is 5.11 Å². The van der Waals surface area contributed by atoms with Crippen molar-refractivity contribution < 1.29 is 5.11 Å². The molecule has 2 N–H and O–H groups in total. The lowest BCUT2D eigenvalue weighted by Crippen LogP contribution is -2.63. The predicted octanol–water partition coefficient (Wildman–Crippen LogP) is 0.761. The standard InChI is InChI=1S/C15H31N3O/c1-12(2)16-15(11-19,14-5-6-14)10-18-8-7-17(4)9-13(18)3/h12-14,16,19H,5-11H2,1-4H3. The molecule has 4 heteroatoms. The van der Waals surface area contributed by atoms with E-state index in [-0.39, 0.29) is 12.1 Å². The number of aliphatic hydroxyl groups excluding tert-OH is 1. The molecule has 19 heavy (non-hydrogen) atoms. The highest BCUT2D eigenvalue weighted by Gasteiger charge is 2.46. The Labute approximate surface area is 118 Å². The molecule has 0 spiro atoms. The summed E-state index contributed by atoms with van der Waals surface area (Å²) in [5.74, 6) is 0.659. The van der Waals surface area contributed by atoms with Crippen LogP contribution in [0.5, 0.6) is 0 Å². The van der Waals surface area contributed by atoms with Crippen LogP contribution in [0.15, 0.2) is 0 Å². The van der Waals surface area contributed by atoms with Gasteiger partial charge in [-0.05, 0) is 32.7 Å². The fraction of sp³-hybridized carbons (Fsp3) is 1.00.